The average molecular weight is 311 g/mol. The Morgan fingerprint density at radius 3 is 2.89 bits per heavy atom. The second kappa shape index (κ2) is 6.58. The smallest absolute Gasteiger partial charge is 0.0372 e. The van der Waals surface area contributed by atoms with Crippen LogP contribution in [0.15, 0.2) is 22.7 Å². The summed E-state index contributed by atoms with van der Waals surface area (Å²) in [6.45, 7) is 8.09. The van der Waals surface area contributed by atoms with Crippen molar-refractivity contribution in [3.63, 3.8) is 0 Å². The molecule has 1 unspecified atom stereocenters. The number of likely N-dealkylation sites (tertiary alicyclic amines) is 1. The van der Waals surface area contributed by atoms with Crippen LogP contribution in [-0.2, 0) is 0 Å². The minimum Gasteiger partial charge on any atom is -0.382 e. The van der Waals surface area contributed by atoms with Crippen molar-refractivity contribution in [2.45, 2.75) is 39.2 Å². The minimum atomic E-state index is 0.626. The highest BCUT2D eigenvalue weighted by molar-refractivity contribution is 9.10. The zero-order valence-electron chi connectivity index (χ0n) is 11.4. The van der Waals surface area contributed by atoms with Crippen LogP contribution in [-0.4, -0.2) is 30.6 Å². The van der Waals surface area contributed by atoms with E-state index >= 15 is 0 Å². The lowest BCUT2D eigenvalue weighted by Crippen LogP contribution is -2.26. The van der Waals surface area contributed by atoms with Crippen molar-refractivity contribution in [3.05, 3.63) is 28.2 Å². The largest absolute Gasteiger partial charge is 0.382 e. The van der Waals surface area contributed by atoms with Crippen molar-refractivity contribution in [1.29, 1.82) is 0 Å². The third-order valence-electron chi connectivity index (χ3n) is 3.82. The zero-order valence-corrected chi connectivity index (χ0v) is 13.0. The number of hydrogen-bond donors (Lipinski definition) is 1. The van der Waals surface area contributed by atoms with Gasteiger partial charge >= 0.3 is 0 Å². The van der Waals surface area contributed by atoms with Gasteiger partial charge in [-0.2, -0.15) is 0 Å². The van der Waals surface area contributed by atoms with Gasteiger partial charge in [-0.15, -0.1) is 0 Å². The normalized spacial score (nSPS) is 21.6. The predicted octanol–water partition coefficient (Wildman–Crippen LogP) is 4.04. The molecule has 1 aromatic carbocycles. The standard InChI is InChI=1S/C15H23BrN2/c1-3-18-9-4-5-14(8-10-18)17-15-7-6-13(16)11-12(15)2/h6-7,11,14,17H,3-5,8-10H2,1-2H3. The van der Waals surface area contributed by atoms with Gasteiger partial charge in [-0.25, -0.2) is 0 Å². The summed E-state index contributed by atoms with van der Waals surface area (Å²) >= 11 is 3.52. The summed E-state index contributed by atoms with van der Waals surface area (Å²) < 4.78 is 1.16. The van der Waals surface area contributed by atoms with E-state index < -0.39 is 0 Å². The van der Waals surface area contributed by atoms with Crippen molar-refractivity contribution in [2.75, 3.05) is 25.0 Å². The molecule has 2 rings (SSSR count). The molecule has 0 spiro atoms. The molecule has 100 valence electrons. The van der Waals surface area contributed by atoms with E-state index in [1.54, 1.807) is 0 Å². The molecular formula is C15H23BrN2. The lowest BCUT2D eigenvalue weighted by Gasteiger charge is -2.20. The first-order valence-corrected chi connectivity index (χ1v) is 7.73. The number of nitrogens with one attached hydrogen (secondary N) is 1. The molecule has 18 heavy (non-hydrogen) atoms. The predicted molar refractivity (Wildman–Crippen MR) is 82.3 cm³/mol. The Bertz CT molecular complexity index is 392. The van der Waals surface area contributed by atoms with Crippen molar-refractivity contribution in [1.82, 2.24) is 4.90 Å². The van der Waals surface area contributed by atoms with Crippen molar-refractivity contribution < 1.29 is 0 Å². The van der Waals surface area contributed by atoms with Gasteiger partial charge in [0.2, 0.25) is 0 Å². The molecule has 1 aliphatic rings. The van der Waals surface area contributed by atoms with Crippen molar-refractivity contribution in [2.24, 2.45) is 0 Å². The molecule has 1 heterocycles. The van der Waals surface area contributed by atoms with Gasteiger partial charge in [-0.1, -0.05) is 22.9 Å². The van der Waals surface area contributed by atoms with Gasteiger partial charge in [0.1, 0.15) is 0 Å². The van der Waals surface area contributed by atoms with Crippen LogP contribution >= 0.6 is 15.9 Å². The Balaban J connectivity index is 1.96. The summed E-state index contributed by atoms with van der Waals surface area (Å²) in [6.07, 6.45) is 3.84. The second-order valence-corrected chi connectivity index (χ2v) is 6.08. The maximum atomic E-state index is 3.71. The molecule has 0 radical (unpaired) electrons. The van der Waals surface area contributed by atoms with Gasteiger partial charge in [0.05, 0.1) is 0 Å². The first-order valence-electron chi connectivity index (χ1n) is 6.94. The Labute approximate surface area is 119 Å². The lowest BCUT2D eigenvalue weighted by molar-refractivity contribution is 0.300. The maximum Gasteiger partial charge on any atom is 0.0372 e. The van der Waals surface area contributed by atoms with Gasteiger partial charge in [-0.05, 0) is 63.0 Å². The van der Waals surface area contributed by atoms with E-state index in [0.717, 1.165) is 4.47 Å². The van der Waals surface area contributed by atoms with Crippen LogP contribution in [0.3, 0.4) is 0 Å². The number of halogens is 1. The molecule has 1 aromatic rings. The molecule has 0 bridgehead atoms. The molecule has 2 nitrogen and oxygen atoms in total. The number of benzene rings is 1. The van der Waals surface area contributed by atoms with Crippen molar-refractivity contribution >= 4 is 21.6 Å². The number of aryl methyl sites for hydroxylation is 1. The second-order valence-electron chi connectivity index (χ2n) is 5.17. The van der Waals surface area contributed by atoms with Gasteiger partial charge in [0.25, 0.3) is 0 Å². The Kier molecular flexibility index (Phi) is 5.07. The molecule has 1 atom stereocenters. The van der Waals surface area contributed by atoms with Crippen LogP contribution in [0, 0.1) is 6.92 Å². The van der Waals surface area contributed by atoms with Gasteiger partial charge in [0, 0.05) is 22.7 Å². The first kappa shape index (κ1) is 13.9. The summed E-state index contributed by atoms with van der Waals surface area (Å²) in [4.78, 5) is 2.55. The van der Waals surface area contributed by atoms with Crippen molar-refractivity contribution in [3.8, 4) is 0 Å². The van der Waals surface area contributed by atoms with Crippen LogP contribution < -0.4 is 5.32 Å². The monoisotopic (exact) mass is 310 g/mol. The third-order valence-corrected chi connectivity index (χ3v) is 4.31. The zero-order chi connectivity index (χ0) is 13.0. The van der Waals surface area contributed by atoms with E-state index in [2.05, 4.69) is 58.2 Å². The highest BCUT2D eigenvalue weighted by atomic mass is 79.9. The highest BCUT2D eigenvalue weighted by Gasteiger charge is 2.16. The van der Waals surface area contributed by atoms with E-state index in [1.165, 1.54) is 50.1 Å². The molecule has 1 aliphatic heterocycles. The third kappa shape index (κ3) is 3.72. The molecular weight excluding hydrogens is 288 g/mol. The topological polar surface area (TPSA) is 15.3 Å². The molecule has 3 heteroatoms. The summed E-state index contributed by atoms with van der Waals surface area (Å²) in [7, 11) is 0. The van der Waals surface area contributed by atoms with E-state index in [-0.39, 0.29) is 0 Å². The fourth-order valence-corrected chi connectivity index (χ4v) is 3.10. The summed E-state index contributed by atoms with van der Waals surface area (Å²) in [5.74, 6) is 0. The van der Waals surface area contributed by atoms with E-state index in [4.69, 9.17) is 0 Å². The Morgan fingerprint density at radius 1 is 1.33 bits per heavy atom. The van der Waals surface area contributed by atoms with Crippen LogP contribution in [0.5, 0.6) is 0 Å². The number of rotatable bonds is 3. The Hall–Kier alpha value is -0.540. The summed E-state index contributed by atoms with van der Waals surface area (Å²) in [5, 5.41) is 3.71. The quantitative estimate of drug-likeness (QED) is 0.906. The molecule has 1 fully saturated rings. The van der Waals surface area contributed by atoms with Crippen LogP contribution in [0.2, 0.25) is 0 Å². The molecule has 0 saturated carbocycles. The average Bonchev–Trinajstić information content (AvgIpc) is 2.58. The summed E-state index contributed by atoms with van der Waals surface area (Å²) in [5.41, 5.74) is 2.61. The first-order chi connectivity index (χ1) is 8.69. The van der Waals surface area contributed by atoms with E-state index in [1.807, 2.05) is 0 Å². The van der Waals surface area contributed by atoms with Gasteiger partial charge in [-0.3, -0.25) is 0 Å². The van der Waals surface area contributed by atoms with E-state index in [9.17, 15) is 0 Å². The van der Waals surface area contributed by atoms with Crippen LogP contribution in [0.25, 0.3) is 0 Å². The molecule has 1 saturated heterocycles. The fraction of sp³-hybridized carbons (Fsp3) is 0.600. The van der Waals surface area contributed by atoms with Gasteiger partial charge < -0.3 is 10.2 Å². The number of anilines is 1. The van der Waals surface area contributed by atoms with Gasteiger partial charge in [0.15, 0.2) is 0 Å². The molecule has 1 N–H and O–H groups in total. The van der Waals surface area contributed by atoms with E-state index in [0.29, 0.717) is 6.04 Å². The number of nitrogens with zero attached hydrogens (tertiary/aromatic N) is 1. The molecule has 0 aromatic heterocycles. The molecule has 0 amide bonds. The maximum absolute atomic E-state index is 3.71. The summed E-state index contributed by atoms with van der Waals surface area (Å²) in [6, 6.07) is 7.10. The number of hydrogen-bond acceptors (Lipinski definition) is 2. The fourth-order valence-electron chi connectivity index (χ4n) is 2.63. The minimum absolute atomic E-state index is 0.626. The SMILES string of the molecule is CCN1CCCC(Nc2ccc(Br)cc2C)CC1. The highest BCUT2D eigenvalue weighted by Crippen LogP contribution is 2.23. The van der Waals surface area contributed by atoms with Crippen LogP contribution in [0.4, 0.5) is 5.69 Å². The Morgan fingerprint density at radius 2 is 2.17 bits per heavy atom. The molecule has 0 aliphatic carbocycles. The van der Waals surface area contributed by atoms with Crippen LogP contribution in [0.1, 0.15) is 31.7 Å². The lowest BCUT2D eigenvalue weighted by atomic mass is 10.1.